The number of aromatic hydroxyl groups is 1. The molecular weight excluding hydrogens is 727 g/mol. The maximum atomic E-state index is 14.4. The average molecular weight is 786 g/mol. The van der Waals surface area contributed by atoms with Crippen LogP contribution in [0.4, 0.5) is 0 Å². The van der Waals surface area contributed by atoms with Gasteiger partial charge in [-0.05, 0) is 61.3 Å². The van der Waals surface area contributed by atoms with Crippen LogP contribution in [0.2, 0.25) is 0 Å². The number of likely N-dealkylation sites (tertiary alicyclic amines) is 1. The van der Waals surface area contributed by atoms with Crippen LogP contribution >= 0.6 is 0 Å². The van der Waals surface area contributed by atoms with Gasteiger partial charge in [0.15, 0.2) is 5.78 Å². The smallest absolute Gasteiger partial charge is 0.328 e. The van der Waals surface area contributed by atoms with Gasteiger partial charge in [0.1, 0.15) is 24.4 Å². The van der Waals surface area contributed by atoms with E-state index in [2.05, 4.69) is 32.5 Å². The number of nitrogens with one attached hydrogen (secondary N) is 4. The van der Waals surface area contributed by atoms with Crippen LogP contribution in [0, 0.1) is 17.8 Å². The van der Waals surface area contributed by atoms with Crippen LogP contribution in [-0.4, -0.2) is 86.2 Å². The fourth-order valence-electron chi connectivity index (χ4n) is 6.85. The molecule has 1 saturated heterocycles. The van der Waals surface area contributed by atoms with Crippen molar-refractivity contribution < 1.29 is 33.8 Å². The first-order valence-corrected chi connectivity index (χ1v) is 19.8. The van der Waals surface area contributed by atoms with Crippen molar-refractivity contribution in [3.8, 4) is 5.75 Å². The van der Waals surface area contributed by atoms with E-state index >= 15 is 0 Å². The number of phenols is 1. The number of aromatic amines is 1. The molecule has 7 atom stereocenters. The lowest BCUT2D eigenvalue weighted by atomic mass is 9.84. The molecule has 0 spiro atoms. The Bertz CT molecular complexity index is 1800. The van der Waals surface area contributed by atoms with Crippen molar-refractivity contribution in [1.82, 2.24) is 30.8 Å². The minimum Gasteiger partial charge on any atom is -0.508 e. The summed E-state index contributed by atoms with van der Waals surface area (Å²) in [5.74, 6) is -3.30. The highest BCUT2D eigenvalue weighted by molar-refractivity contribution is 5.95. The highest BCUT2D eigenvalue weighted by atomic mass is 16.5. The van der Waals surface area contributed by atoms with E-state index in [4.69, 9.17) is 10.5 Å². The van der Waals surface area contributed by atoms with Gasteiger partial charge in [0.2, 0.25) is 17.7 Å². The van der Waals surface area contributed by atoms with Crippen LogP contribution in [0.25, 0.3) is 0 Å². The minimum absolute atomic E-state index is 0.0647. The van der Waals surface area contributed by atoms with Gasteiger partial charge in [-0.1, -0.05) is 83.2 Å². The van der Waals surface area contributed by atoms with Gasteiger partial charge >= 0.3 is 5.97 Å². The number of imidazole rings is 1. The van der Waals surface area contributed by atoms with E-state index in [1.807, 2.05) is 58.0 Å². The molecular formula is C43H59N7O7. The third kappa shape index (κ3) is 12.8. The molecule has 2 aromatic carbocycles. The highest BCUT2D eigenvalue weighted by Crippen LogP contribution is 2.26. The number of nitrogens with zero attached hydrogens (tertiary/aromatic N) is 2. The molecule has 1 unspecified atom stereocenters. The Morgan fingerprint density at radius 2 is 1.63 bits per heavy atom. The number of ether oxygens (including phenoxy) is 1. The second-order valence-electron chi connectivity index (χ2n) is 15.4. The van der Waals surface area contributed by atoms with Gasteiger partial charge in [-0.25, -0.2) is 9.78 Å². The molecule has 0 radical (unpaired) electrons. The SMILES string of the molecule is C=C(N[C@H](C)C(=O)OCc1ccccc1)[C@@H]1CCCN1C(=O)[C@H](Cc1cnc[nH]1)NC(=O)[C@@H](CC(=O)[C@H](Cc1ccc(O)cc1)NC(=O)[C@@H](N)C(C)C)C(C)CC. The molecule has 14 nitrogen and oxygen atoms in total. The molecule has 308 valence electrons. The molecule has 0 saturated carbocycles. The lowest BCUT2D eigenvalue weighted by molar-refractivity contribution is -0.146. The summed E-state index contributed by atoms with van der Waals surface area (Å²) in [6.07, 6.45) is 4.99. The normalized spacial score (nSPS) is 17.1. The summed E-state index contributed by atoms with van der Waals surface area (Å²) < 4.78 is 5.49. The first-order chi connectivity index (χ1) is 27.2. The molecule has 0 bridgehead atoms. The van der Waals surface area contributed by atoms with E-state index in [0.717, 1.165) is 5.56 Å². The van der Waals surface area contributed by atoms with Crippen molar-refractivity contribution in [3.05, 3.63) is 96.2 Å². The monoisotopic (exact) mass is 785 g/mol. The van der Waals surface area contributed by atoms with Gasteiger partial charge in [0.05, 0.1) is 24.5 Å². The van der Waals surface area contributed by atoms with E-state index in [1.54, 1.807) is 30.2 Å². The van der Waals surface area contributed by atoms with E-state index in [1.165, 1.54) is 18.5 Å². The standard InChI is InChI=1S/C43H59N7O7/c1-7-27(4)34(22-38(52)35(48-41(54)39(44)26(2)3)20-30-15-17-33(51)18-16-30)40(53)49-36(21-32-23-45-25-46-32)42(55)50-19-11-14-37(50)28(5)47-29(6)43(56)57-24-31-12-9-8-10-13-31/h8-10,12-13,15-18,23,25-27,29,34-37,39,47,51H,5,7,11,14,19-22,24,44H2,1-4,6H3,(H,45,46)(H,48,54)(H,49,53)/t27?,29-,34+,35+,36+,37+,39+/m1/s1. The molecule has 4 rings (SSSR count). The largest absolute Gasteiger partial charge is 0.508 e. The molecule has 14 heteroatoms. The summed E-state index contributed by atoms with van der Waals surface area (Å²) in [6, 6.07) is 11.7. The fourth-order valence-corrected chi connectivity index (χ4v) is 6.85. The summed E-state index contributed by atoms with van der Waals surface area (Å²) >= 11 is 0. The van der Waals surface area contributed by atoms with Crippen molar-refractivity contribution in [3.63, 3.8) is 0 Å². The molecule has 7 N–H and O–H groups in total. The Balaban J connectivity index is 1.50. The van der Waals surface area contributed by atoms with Crippen molar-refractivity contribution in [1.29, 1.82) is 0 Å². The highest BCUT2D eigenvalue weighted by Gasteiger charge is 2.39. The molecule has 57 heavy (non-hydrogen) atoms. The number of H-pyrrole nitrogens is 1. The predicted molar refractivity (Wildman–Crippen MR) is 216 cm³/mol. The summed E-state index contributed by atoms with van der Waals surface area (Å²) in [6.45, 7) is 13.8. The Morgan fingerprint density at radius 1 is 0.947 bits per heavy atom. The summed E-state index contributed by atoms with van der Waals surface area (Å²) in [7, 11) is 0. The van der Waals surface area contributed by atoms with Gasteiger partial charge in [-0.2, -0.15) is 0 Å². The van der Waals surface area contributed by atoms with E-state index in [0.29, 0.717) is 42.8 Å². The molecule has 2 heterocycles. The molecule has 1 aliphatic heterocycles. The van der Waals surface area contributed by atoms with Crippen molar-refractivity contribution >= 4 is 29.5 Å². The van der Waals surface area contributed by atoms with Crippen LogP contribution in [0.3, 0.4) is 0 Å². The van der Waals surface area contributed by atoms with Crippen LogP contribution < -0.4 is 21.7 Å². The van der Waals surface area contributed by atoms with Gasteiger partial charge in [-0.15, -0.1) is 0 Å². The van der Waals surface area contributed by atoms with E-state index in [-0.39, 0.29) is 55.1 Å². The number of ketones is 1. The number of carbonyl (C=O) groups is 5. The first-order valence-electron chi connectivity index (χ1n) is 19.8. The quantitative estimate of drug-likeness (QED) is 0.0864. The maximum absolute atomic E-state index is 14.4. The van der Waals surface area contributed by atoms with Gasteiger partial charge in [0.25, 0.3) is 0 Å². The van der Waals surface area contributed by atoms with E-state index < -0.39 is 53.9 Å². The number of rotatable bonds is 21. The Kier molecular flexibility index (Phi) is 16.4. The zero-order valence-electron chi connectivity index (χ0n) is 33.7. The third-order valence-corrected chi connectivity index (χ3v) is 10.7. The lowest BCUT2D eigenvalue weighted by Crippen LogP contribution is -2.55. The molecule has 3 aromatic rings. The number of carbonyl (C=O) groups excluding carboxylic acids is 5. The Labute approximate surface area is 335 Å². The second kappa shape index (κ2) is 21.1. The zero-order chi connectivity index (χ0) is 41.6. The minimum atomic E-state index is -1.02. The average Bonchev–Trinajstić information content (AvgIpc) is 3.91. The van der Waals surface area contributed by atoms with Crippen molar-refractivity contribution in [2.24, 2.45) is 23.5 Å². The number of hydrogen-bond acceptors (Lipinski definition) is 10. The van der Waals surface area contributed by atoms with E-state index in [9.17, 15) is 29.1 Å². The summed E-state index contributed by atoms with van der Waals surface area (Å²) in [4.78, 5) is 77.6. The maximum Gasteiger partial charge on any atom is 0.328 e. The predicted octanol–water partition coefficient (Wildman–Crippen LogP) is 3.70. The number of esters is 1. The first kappa shape index (κ1) is 44.2. The Morgan fingerprint density at radius 3 is 2.26 bits per heavy atom. The number of amides is 3. The number of phenolic OH excluding ortho intramolecular Hbond substituents is 1. The van der Waals surface area contributed by atoms with Gasteiger partial charge in [0, 0.05) is 42.9 Å². The number of benzene rings is 2. The number of Topliss-reactive ketones (excluding diaryl/α,β-unsaturated/α-hetero) is 1. The number of nitrogens with two attached hydrogens (primary N) is 1. The zero-order valence-corrected chi connectivity index (χ0v) is 33.7. The Hall–Kier alpha value is -5.50. The van der Waals surface area contributed by atoms with Gasteiger partial charge < -0.3 is 41.4 Å². The topological polar surface area (TPSA) is 209 Å². The fraction of sp³-hybridized carbons (Fsp3) is 0.488. The van der Waals surface area contributed by atoms with Crippen molar-refractivity contribution in [2.45, 2.75) is 110 Å². The van der Waals surface area contributed by atoms with Crippen LogP contribution in [-0.2, 0) is 48.2 Å². The molecule has 1 aromatic heterocycles. The molecule has 3 amide bonds. The molecule has 1 aliphatic rings. The second-order valence-corrected chi connectivity index (χ2v) is 15.4. The van der Waals surface area contributed by atoms with Crippen molar-refractivity contribution in [2.75, 3.05) is 6.54 Å². The third-order valence-electron chi connectivity index (χ3n) is 10.7. The summed E-state index contributed by atoms with van der Waals surface area (Å²) in [5.41, 5.74) is 8.82. The van der Waals surface area contributed by atoms with Gasteiger partial charge in [-0.3, -0.25) is 19.2 Å². The molecule has 1 fully saturated rings. The van der Waals surface area contributed by atoms with Crippen LogP contribution in [0.5, 0.6) is 5.75 Å². The number of hydrogen-bond donors (Lipinski definition) is 6. The lowest BCUT2D eigenvalue weighted by Gasteiger charge is -2.32. The van der Waals surface area contributed by atoms with Crippen LogP contribution in [0.1, 0.15) is 77.1 Å². The van der Waals surface area contributed by atoms with Crippen LogP contribution in [0.15, 0.2) is 79.4 Å². The molecule has 0 aliphatic carbocycles. The number of aromatic nitrogens is 2. The summed E-state index contributed by atoms with van der Waals surface area (Å²) in [5, 5.41) is 18.7.